The van der Waals surface area contributed by atoms with Crippen molar-refractivity contribution in [2.75, 3.05) is 157 Å². The van der Waals surface area contributed by atoms with Gasteiger partial charge in [-0.2, -0.15) is 26.8 Å². The van der Waals surface area contributed by atoms with E-state index in [2.05, 4.69) is 22.1 Å². The third-order valence-corrected chi connectivity index (χ3v) is 37.5. The molecule has 0 aliphatic carbocycles. The zero-order valence-corrected chi connectivity index (χ0v) is 86.9. The highest BCUT2D eigenvalue weighted by Crippen LogP contribution is 2.45. The SMILES string of the molecule is C=CCNC(=S)N1CCN(S(=O)(=O)c2cc(C#N)ccc2Oc2cc(C)cc(C)c2)CC1.CS(=O)(=O)N1CCN(S(=O)(=O)c2cc([N+](=O)[O-])ccc2Sc2cc(Cl)ccc2Cl)CC1.O=[N+]([O-])c1ccc(Sc2cc(Cl)ccc2Cl)c(S(=O)(=O)N2CCN(C(=S)Cc3ccccc3)CC2)c1.O=[N+]([O-])c1ccc(Sc2cc(Cl)ccc2Cl)c(S(=O)(=O)N2CCN(C(=S)NCCN3CCOCC3)CC2)c1. The van der Waals surface area contributed by atoms with Gasteiger partial charge in [-0.15, -0.1) is 6.58 Å². The normalized spacial score (nSPS) is 15.7. The van der Waals surface area contributed by atoms with Crippen molar-refractivity contribution in [1.29, 1.82) is 5.26 Å². The number of ether oxygens (including phenoxy) is 2. The van der Waals surface area contributed by atoms with E-state index in [0.717, 1.165) is 119 Å². The van der Waals surface area contributed by atoms with Crippen molar-refractivity contribution in [3.8, 4) is 17.6 Å². The number of sulfonamides is 5. The fourth-order valence-electron chi connectivity index (χ4n) is 14.3. The second kappa shape index (κ2) is 49.4. The maximum atomic E-state index is 13.7. The van der Waals surface area contributed by atoms with Crippen LogP contribution in [-0.4, -0.2) is 270 Å². The molecule has 5 heterocycles. The van der Waals surface area contributed by atoms with Crippen LogP contribution >= 0.6 is 142 Å². The van der Waals surface area contributed by atoms with Crippen molar-refractivity contribution in [2.45, 2.75) is 69.2 Å². The van der Waals surface area contributed by atoms with E-state index in [0.29, 0.717) is 129 Å². The molecule has 137 heavy (non-hydrogen) atoms. The molecule has 5 aliphatic rings. The number of hydrogen-bond donors (Lipinski definition) is 2. The Morgan fingerprint density at radius 2 is 0.832 bits per heavy atom. The van der Waals surface area contributed by atoms with Crippen LogP contribution in [-0.2, 0) is 61.3 Å². The van der Waals surface area contributed by atoms with Gasteiger partial charge >= 0.3 is 0 Å². The van der Waals surface area contributed by atoms with E-state index in [-0.39, 0.29) is 118 Å². The molecule has 50 heteroatoms. The molecular formula is C87H91Cl6N15O18S11. The molecule has 0 radical (unpaired) electrons. The topological polar surface area (TPSA) is 396 Å². The number of halogens is 6. The third kappa shape index (κ3) is 29.7. The number of aryl methyl sites for hydroxylation is 2. The van der Waals surface area contributed by atoms with Gasteiger partial charge in [0.15, 0.2) is 10.2 Å². The maximum Gasteiger partial charge on any atom is 0.270 e. The van der Waals surface area contributed by atoms with Crippen LogP contribution in [0.1, 0.15) is 22.3 Å². The van der Waals surface area contributed by atoms with E-state index in [9.17, 15) is 77.7 Å². The van der Waals surface area contributed by atoms with E-state index < -0.39 is 64.9 Å². The average Bonchev–Trinajstić information content (AvgIpc) is 0.769. The summed E-state index contributed by atoms with van der Waals surface area (Å²) in [4.78, 5) is 43.1. The van der Waals surface area contributed by atoms with Gasteiger partial charge in [0.1, 0.15) is 31.1 Å². The van der Waals surface area contributed by atoms with Crippen LogP contribution in [0.4, 0.5) is 17.1 Å². The Balaban J connectivity index is 0.000000176. The Morgan fingerprint density at radius 3 is 1.21 bits per heavy atom. The number of piperazine rings is 4. The number of nitro benzene ring substituents is 3. The van der Waals surface area contributed by atoms with Crippen molar-refractivity contribution in [3.63, 3.8) is 0 Å². The first-order valence-electron chi connectivity index (χ1n) is 41.7. The molecule has 33 nitrogen and oxygen atoms in total. The molecule has 730 valence electrons. The first-order valence-corrected chi connectivity index (χ1v) is 55.3. The minimum absolute atomic E-state index is 0.00438. The monoisotopic (exact) mass is 2200 g/mol. The van der Waals surface area contributed by atoms with E-state index in [1.54, 1.807) is 66.7 Å². The lowest BCUT2D eigenvalue weighted by Crippen LogP contribution is -2.53. The first kappa shape index (κ1) is 109. The summed E-state index contributed by atoms with van der Waals surface area (Å²) in [6.07, 6.45) is 3.38. The number of nitrogens with zero attached hydrogens (tertiary/aromatic N) is 13. The number of nitriles is 1. The van der Waals surface area contributed by atoms with Crippen LogP contribution in [0.15, 0.2) is 238 Å². The summed E-state index contributed by atoms with van der Waals surface area (Å²) in [6, 6.07) is 47.6. The lowest BCUT2D eigenvalue weighted by molar-refractivity contribution is -0.385. The number of thiocarbonyl (C=S) groups is 3. The van der Waals surface area contributed by atoms with Crippen molar-refractivity contribution < 1.29 is 66.3 Å². The highest BCUT2D eigenvalue weighted by molar-refractivity contribution is 8.01. The Bertz CT molecular complexity index is 6640. The average molecular weight is 2200 g/mol. The minimum atomic E-state index is -4.15. The Kier molecular flexibility index (Phi) is 39.4. The number of nitrogens with one attached hydrogen (secondary N) is 2. The van der Waals surface area contributed by atoms with Gasteiger partial charge in [0.25, 0.3) is 17.1 Å². The zero-order valence-electron chi connectivity index (χ0n) is 73.4. The van der Waals surface area contributed by atoms with Crippen LogP contribution in [0.5, 0.6) is 11.5 Å². The van der Waals surface area contributed by atoms with E-state index >= 15 is 0 Å². The molecule has 5 fully saturated rings. The summed E-state index contributed by atoms with van der Waals surface area (Å²) in [5.41, 5.74) is 2.37. The molecule has 0 atom stereocenters. The van der Waals surface area contributed by atoms with Gasteiger partial charge in [-0.3, -0.25) is 35.2 Å². The van der Waals surface area contributed by atoms with Gasteiger partial charge in [0.2, 0.25) is 50.1 Å². The third-order valence-electron chi connectivity index (χ3n) is 21.4. The van der Waals surface area contributed by atoms with Gasteiger partial charge in [-0.25, -0.2) is 42.1 Å². The summed E-state index contributed by atoms with van der Waals surface area (Å²) >= 11 is 56.7. The van der Waals surface area contributed by atoms with Gasteiger partial charge in [0, 0.05) is 225 Å². The van der Waals surface area contributed by atoms with Gasteiger partial charge in [-0.05, 0) is 158 Å². The number of non-ortho nitro benzene ring substituents is 3. The highest BCUT2D eigenvalue weighted by atomic mass is 35.5. The summed E-state index contributed by atoms with van der Waals surface area (Å²) in [5.74, 6) is 0.742. The molecular weight excluding hydrogens is 2110 g/mol. The van der Waals surface area contributed by atoms with Crippen LogP contribution in [0.3, 0.4) is 0 Å². The number of morpholine rings is 1. The summed E-state index contributed by atoms with van der Waals surface area (Å²) < 4.78 is 150. The molecule has 0 bridgehead atoms. The molecule has 9 aromatic rings. The molecule has 0 unspecified atom stereocenters. The van der Waals surface area contributed by atoms with E-state index in [1.807, 2.05) is 83.1 Å². The predicted molar refractivity (Wildman–Crippen MR) is 546 cm³/mol. The van der Waals surface area contributed by atoms with Crippen molar-refractivity contribution in [1.82, 2.24) is 51.8 Å². The summed E-state index contributed by atoms with van der Waals surface area (Å²) in [7, 11) is -19.6. The molecule has 5 saturated heterocycles. The lowest BCUT2D eigenvalue weighted by Gasteiger charge is -2.36. The molecule has 9 aromatic carbocycles. The predicted octanol–water partition coefficient (Wildman–Crippen LogP) is 16.1. The maximum absolute atomic E-state index is 13.7. The molecule has 5 aliphatic heterocycles. The number of nitro groups is 3. The van der Waals surface area contributed by atoms with Gasteiger partial charge in [0.05, 0.1) is 65.9 Å². The van der Waals surface area contributed by atoms with E-state index in [4.69, 9.17) is 116 Å². The van der Waals surface area contributed by atoms with E-state index in [1.165, 1.54) is 65.8 Å². The highest BCUT2D eigenvalue weighted by Gasteiger charge is 2.39. The fourth-order valence-corrected chi connectivity index (χ4v) is 27.6. The van der Waals surface area contributed by atoms with Crippen LogP contribution < -0.4 is 15.4 Å². The fraction of sp³-hybridized carbons (Fsp3) is 0.310. The second-order valence-corrected chi connectivity index (χ2v) is 47.5. The van der Waals surface area contributed by atoms with Crippen molar-refractivity contribution in [2.24, 2.45) is 0 Å². The number of benzene rings is 9. The van der Waals surface area contributed by atoms with Crippen LogP contribution in [0.2, 0.25) is 30.1 Å². The standard InChI is InChI=1S/C24H21Cl2N3O4S3.C23H27Cl2N5O5S3.C23H26N4O3S2.C17H17Cl2N3O6S3/c25-18-6-8-20(26)22(15-18)35-21-9-7-19(29(30)31)16-23(21)36(32,33)28-12-10-27(11-13-28)24(34)14-17-4-2-1-3-5-17;24-17-1-3-19(25)21(15-17)37-20-4-2-18(30(31)32)16-22(20)38(33,34)29-9-7-28(8-10-29)23(36)26-5-6-27-11-13-35-14-12-27;1-4-7-25-23(31)26-8-10-27(11-9-26)32(28,29)22-15-19(16-24)5-6-21(22)30-20-13-17(2)12-18(3)14-20;1-30(25,26)20-6-8-21(9-7-20)31(27,28)17-11-13(22(23)24)3-5-15(17)29-16-10-12(18)2-4-14(16)19/h1-9,15-16H,10-14H2;1-4,15-16H,5-14H2,(H,26,36);4-6,12-15H,1,7-11H2,2-3H3,(H,25,31);2-5,10-11H,6-9H2,1H3. The smallest absolute Gasteiger partial charge is 0.270 e. The minimum Gasteiger partial charge on any atom is -0.456 e. The van der Waals surface area contributed by atoms with Gasteiger partial charge in [-0.1, -0.05) is 160 Å². The van der Waals surface area contributed by atoms with Crippen LogP contribution in [0, 0.1) is 55.5 Å². The molecule has 2 N–H and O–H groups in total. The Hall–Kier alpha value is -8.26. The Labute approximate surface area is 854 Å². The van der Waals surface area contributed by atoms with Crippen LogP contribution in [0.25, 0.3) is 0 Å². The molecule has 14 rings (SSSR count). The molecule has 0 saturated carbocycles. The van der Waals surface area contributed by atoms with Crippen molar-refractivity contribution in [3.05, 3.63) is 271 Å². The molecule has 0 amide bonds. The number of hydrogen-bond acceptors (Lipinski definition) is 26. The quantitative estimate of drug-likeness (QED) is 0.0209. The Morgan fingerprint density at radius 1 is 0.460 bits per heavy atom. The molecule has 0 aromatic heterocycles. The molecule has 0 spiro atoms. The first-order chi connectivity index (χ1) is 64.9. The summed E-state index contributed by atoms with van der Waals surface area (Å²) in [5, 5.41) is 53.3. The largest absolute Gasteiger partial charge is 0.456 e. The zero-order chi connectivity index (χ0) is 99.4. The van der Waals surface area contributed by atoms with Gasteiger partial charge < -0.3 is 34.8 Å². The number of rotatable bonds is 27. The second-order valence-electron chi connectivity index (χ2n) is 30.8. The lowest BCUT2D eigenvalue weighted by atomic mass is 10.1. The van der Waals surface area contributed by atoms with Crippen molar-refractivity contribution >= 4 is 224 Å². The summed E-state index contributed by atoms with van der Waals surface area (Å²) in [6.45, 7) is 16.7.